The van der Waals surface area contributed by atoms with E-state index in [4.69, 9.17) is 16.1 Å². The molecule has 1 heterocycles. The zero-order chi connectivity index (χ0) is 22.4. The average Bonchev–Trinajstić information content (AvgIpc) is 3.24. The van der Waals surface area contributed by atoms with Crippen LogP contribution < -0.4 is 5.32 Å². The SMILES string of the molecule is CC(C(=O)Nc1ccc([N+](=O)[O-])cc1Cl)N(C)CCCc1cc(-c2ccccc2)no1. The number of halogens is 1. The fourth-order valence-electron chi connectivity index (χ4n) is 3.03. The molecule has 1 unspecified atom stereocenters. The lowest BCUT2D eigenvalue weighted by atomic mass is 10.1. The number of nitro benzene ring substituents is 1. The van der Waals surface area contributed by atoms with Crippen LogP contribution in [-0.4, -0.2) is 40.5 Å². The number of carbonyl (C=O) groups excluding carboxylic acids is 1. The van der Waals surface area contributed by atoms with Gasteiger partial charge in [-0.2, -0.15) is 0 Å². The third kappa shape index (κ3) is 5.90. The summed E-state index contributed by atoms with van der Waals surface area (Å²) in [5.74, 6) is 0.548. The first-order chi connectivity index (χ1) is 14.8. The number of rotatable bonds is 9. The van der Waals surface area contributed by atoms with Crippen LogP contribution >= 0.6 is 11.6 Å². The standard InChI is InChI=1S/C22H23ClN4O4/c1-15(22(28)24-20-11-10-17(27(29)30)13-19(20)23)26(2)12-6-9-18-14-21(25-31-18)16-7-4-3-5-8-16/h3-5,7-8,10-11,13-15H,6,9,12H2,1-2H3,(H,24,28). The van der Waals surface area contributed by atoms with Gasteiger partial charge in [0, 0.05) is 30.2 Å². The Morgan fingerprint density at radius 1 is 1.26 bits per heavy atom. The van der Waals surface area contributed by atoms with E-state index in [-0.39, 0.29) is 16.6 Å². The number of likely N-dealkylation sites (N-methyl/N-ethyl adjacent to an activating group) is 1. The molecule has 3 aromatic rings. The summed E-state index contributed by atoms with van der Waals surface area (Å²) in [6, 6.07) is 15.3. The molecule has 162 valence electrons. The van der Waals surface area contributed by atoms with Crippen molar-refractivity contribution in [3.8, 4) is 11.3 Å². The Balaban J connectivity index is 1.49. The van der Waals surface area contributed by atoms with Crippen LogP contribution in [0, 0.1) is 10.1 Å². The van der Waals surface area contributed by atoms with E-state index in [2.05, 4.69) is 10.5 Å². The highest BCUT2D eigenvalue weighted by atomic mass is 35.5. The number of nitrogens with one attached hydrogen (secondary N) is 1. The van der Waals surface area contributed by atoms with Crippen LogP contribution in [0.1, 0.15) is 19.1 Å². The molecule has 0 aliphatic heterocycles. The van der Waals surface area contributed by atoms with Crippen LogP contribution in [0.15, 0.2) is 59.1 Å². The number of hydrogen-bond donors (Lipinski definition) is 1. The quantitative estimate of drug-likeness (QED) is 0.377. The zero-order valence-corrected chi connectivity index (χ0v) is 18.0. The lowest BCUT2D eigenvalue weighted by molar-refractivity contribution is -0.384. The molecule has 0 radical (unpaired) electrons. The van der Waals surface area contributed by atoms with Crippen LogP contribution in [0.2, 0.25) is 5.02 Å². The summed E-state index contributed by atoms with van der Waals surface area (Å²) in [6.45, 7) is 2.46. The molecular formula is C22H23ClN4O4. The summed E-state index contributed by atoms with van der Waals surface area (Å²) in [5.41, 5.74) is 2.02. The van der Waals surface area contributed by atoms with Gasteiger partial charge in [-0.15, -0.1) is 0 Å². The van der Waals surface area contributed by atoms with Gasteiger partial charge in [0.2, 0.25) is 5.91 Å². The molecule has 1 aromatic heterocycles. The zero-order valence-electron chi connectivity index (χ0n) is 17.2. The van der Waals surface area contributed by atoms with E-state index in [9.17, 15) is 14.9 Å². The van der Waals surface area contributed by atoms with E-state index in [0.717, 1.165) is 23.4 Å². The molecule has 0 aliphatic rings. The minimum Gasteiger partial charge on any atom is -0.361 e. The van der Waals surface area contributed by atoms with E-state index < -0.39 is 11.0 Å². The van der Waals surface area contributed by atoms with Crippen molar-refractivity contribution in [1.82, 2.24) is 10.1 Å². The highest BCUT2D eigenvalue weighted by Gasteiger charge is 2.20. The monoisotopic (exact) mass is 442 g/mol. The van der Waals surface area contributed by atoms with Crippen molar-refractivity contribution in [1.29, 1.82) is 0 Å². The molecule has 1 N–H and O–H groups in total. The minimum absolute atomic E-state index is 0.122. The number of carbonyl (C=O) groups is 1. The van der Waals surface area contributed by atoms with Crippen molar-refractivity contribution < 1.29 is 14.2 Å². The van der Waals surface area contributed by atoms with Crippen molar-refractivity contribution in [3.05, 3.63) is 75.5 Å². The molecule has 1 amide bonds. The Bertz CT molecular complexity index is 1050. The second kappa shape index (κ2) is 10.2. The summed E-state index contributed by atoms with van der Waals surface area (Å²) in [4.78, 5) is 24.7. The van der Waals surface area contributed by atoms with Crippen molar-refractivity contribution in [2.24, 2.45) is 0 Å². The van der Waals surface area contributed by atoms with Gasteiger partial charge in [-0.1, -0.05) is 47.1 Å². The Kier molecular flexibility index (Phi) is 7.38. The smallest absolute Gasteiger partial charge is 0.271 e. The van der Waals surface area contributed by atoms with E-state index in [1.165, 1.54) is 18.2 Å². The fraction of sp³-hybridized carbons (Fsp3) is 0.273. The van der Waals surface area contributed by atoms with Gasteiger partial charge in [0.15, 0.2) is 0 Å². The molecule has 9 heteroatoms. The highest BCUT2D eigenvalue weighted by Crippen LogP contribution is 2.27. The number of non-ortho nitro benzene ring substituents is 1. The van der Waals surface area contributed by atoms with Crippen LogP contribution in [0.5, 0.6) is 0 Å². The van der Waals surface area contributed by atoms with Crippen molar-refractivity contribution >= 4 is 28.9 Å². The van der Waals surface area contributed by atoms with Gasteiger partial charge < -0.3 is 9.84 Å². The summed E-state index contributed by atoms with van der Waals surface area (Å²) in [7, 11) is 1.86. The van der Waals surface area contributed by atoms with Crippen LogP contribution in [-0.2, 0) is 11.2 Å². The molecule has 2 aromatic carbocycles. The van der Waals surface area contributed by atoms with Gasteiger partial charge in [0.25, 0.3) is 5.69 Å². The summed E-state index contributed by atoms with van der Waals surface area (Å²) < 4.78 is 5.42. The topological polar surface area (TPSA) is 102 Å². The second-order valence-electron chi connectivity index (χ2n) is 7.22. The Morgan fingerprint density at radius 2 is 2.00 bits per heavy atom. The van der Waals surface area contributed by atoms with Gasteiger partial charge in [0.05, 0.1) is 21.7 Å². The minimum atomic E-state index is -0.536. The van der Waals surface area contributed by atoms with E-state index >= 15 is 0 Å². The predicted octanol–water partition coefficient (Wildman–Crippen LogP) is 4.79. The maximum Gasteiger partial charge on any atom is 0.271 e. The molecule has 1 atom stereocenters. The van der Waals surface area contributed by atoms with E-state index in [1.54, 1.807) is 6.92 Å². The number of nitro groups is 1. The van der Waals surface area contributed by atoms with E-state index in [0.29, 0.717) is 18.7 Å². The number of hydrogen-bond acceptors (Lipinski definition) is 6. The van der Waals surface area contributed by atoms with Gasteiger partial charge >= 0.3 is 0 Å². The van der Waals surface area contributed by atoms with Crippen LogP contribution in [0.25, 0.3) is 11.3 Å². The van der Waals surface area contributed by atoms with Crippen molar-refractivity contribution in [2.75, 3.05) is 18.9 Å². The number of amides is 1. The highest BCUT2D eigenvalue weighted by molar-refractivity contribution is 6.34. The Morgan fingerprint density at radius 3 is 2.68 bits per heavy atom. The molecule has 31 heavy (non-hydrogen) atoms. The first-order valence-electron chi connectivity index (χ1n) is 9.81. The van der Waals surface area contributed by atoms with Crippen molar-refractivity contribution in [2.45, 2.75) is 25.8 Å². The number of nitrogens with zero attached hydrogens (tertiary/aromatic N) is 3. The first kappa shape index (κ1) is 22.5. The first-order valence-corrected chi connectivity index (χ1v) is 10.2. The van der Waals surface area contributed by atoms with Crippen molar-refractivity contribution in [3.63, 3.8) is 0 Å². The lowest BCUT2D eigenvalue weighted by Gasteiger charge is -2.23. The average molecular weight is 443 g/mol. The third-order valence-corrected chi connectivity index (χ3v) is 5.34. The van der Waals surface area contributed by atoms with Gasteiger partial charge in [0.1, 0.15) is 11.5 Å². The molecule has 0 spiro atoms. The molecule has 0 saturated carbocycles. The Hall–Kier alpha value is -3.23. The predicted molar refractivity (Wildman–Crippen MR) is 119 cm³/mol. The van der Waals surface area contributed by atoms with Gasteiger partial charge in [-0.05, 0) is 33.0 Å². The van der Waals surface area contributed by atoms with Crippen LogP contribution in [0.3, 0.4) is 0 Å². The largest absolute Gasteiger partial charge is 0.361 e. The van der Waals surface area contributed by atoms with Gasteiger partial charge in [-0.25, -0.2) is 0 Å². The third-order valence-electron chi connectivity index (χ3n) is 5.02. The van der Waals surface area contributed by atoms with E-state index in [1.807, 2.05) is 48.3 Å². The fourth-order valence-corrected chi connectivity index (χ4v) is 3.25. The molecular weight excluding hydrogens is 420 g/mol. The maximum absolute atomic E-state index is 12.5. The summed E-state index contributed by atoms with van der Waals surface area (Å²) >= 11 is 6.05. The second-order valence-corrected chi connectivity index (χ2v) is 7.62. The maximum atomic E-state index is 12.5. The number of aromatic nitrogens is 1. The normalized spacial score (nSPS) is 12.0. The van der Waals surface area contributed by atoms with Gasteiger partial charge in [-0.3, -0.25) is 19.8 Å². The molecule has 0 aliphatic carbocycles. The molecule has 0 fully saturated rings. The molecule has 0 saturated heterocycles. The number of benzene rings is 2. The Labute approximate surface area is 184 Å². The molecule has 8 nitrogen and oxygen atoms in total. The number of aryl methyl sites for hydroxylation is 1. The molecule has 0 bridgehead atoms. The summed E-state index contributed by atoms with van der Waals surface area (Å²) in [6.07, 6.45) is 1.49. The van der Waals surface area contributed by atoms with Crippen LogP contribution in [0.4, 0.5) is 11.4 Å². The lowest BCUT2D eigenvalue weighted by Crippen LogP contribution is -2.40. The summed E-state index contributed by atoms with van der Waals surface area (Å²) in [5, 5.41) is 17.8. The number of anilines is 1. The molecule has 3 rings (SSSR count).